The topological polar surface area (TPSA) is 52.1 Å². The molecule has 5 heteroatoms. The van der Waals surface area contributed by atoms with Crippen LogP contribution in [0.3, 0.4) is 0 Å². The summed E-state index contributed by atoms with van der Waals surface area (Å²) >= 11 is 0. The number of halogens is 1. The van der Waals surface area contributed by atoms with Crippen molar-refractivity contribution in [2.24, 2.45) is 0 Å². The summed E-state index contributed by atoms with van der Waals surface area (Å²) in [6.45, 7) is 1.83. The van der Waals surface area contributed by atoms with E-state index in [9.17, 15) is 9.18 Å². The molecule has 0 radical (unpaired) electrons. The molecule has 22 heavy (non-hydrogen) atoms. The summed E-state index contributed by atoms with van der Waals surface area (Å²) in [6, 6.07) is 6.32. The lowest BCUT2D eigenvalue weighted by molar-refractivity contribution is 0.0982. The number of rotatable bonds is 5. The molecule has 0 amide bonds. The number of ether oxygens (including phenoxy) is 1. The zero-order chi connectivity index (χ0) is 15.5. The molecule has 1 aliphatic carbocycles. The van der Waals surface area contributed by atoms with Crippen LogP contribution in [0.1, 0.15) is 41.1 Å². The molecule has 114 valence electrons. The van der Waals surface area contributed by atoms with Crippen molar-refractivity contribution in [2.75, 3.05) is 0 Å². The highest BCUT2D eigenvalue weighted by atomic mass is 19.1. The molecule has 0 spiro atoms. The fourth-order valence-corrected chi connectivity index (χ4v) is 2.29. The van der Waals surface area contributed by atoms with Crippen molar-refractivity contribution in [3.63, 3.8) is 0 Å². The Hall–Kier alpha value is -2.30. The minimum absolute atomic E-state index is 0.0968. The van der Waals surface area contributed by atoms with Gasteiger partial charge in [0, 0.05) is 23.5 Å². The number of aryl methyl sites for hydroxylation is 1. The van der Waals surface area contributed by atoms with Gasteiger partial charge in [0.05, 0.1) is 18.7 Å². The average Bonchev–Trinajstić information content (AvgIpc) is 2.45. The van der Waals surface area contributed by atoms with E-state index in [2.05, 4.69) is 9.97 Å². The van der Waals surface area contributed by atoms with E-state index in [1.54, 1.807) is 6.07 Å². The predicted octanol–water partition coefficient (Wildman–Crippen LogP) is 3.28. The molecular weight excluding hydrogens is 283 g/mol. The van der Waals surface area contributed by atoms with E-state index < -0.39 is 5.82 Å². The van der Waals surface area contributed by atoms with Crippen molar-refractivity contribution in [1.82, 2.24) is 9.97 Å². The number of hydrogen-bond acceptors (Lipinski definition) is 4. The van der Waals surface area contributed by atoms with E-state index in [4.69, 9.17) is 4.74 Å². The Morgan fingerprint density at radius 2 is 2.18 bits per heavy atom. The van der Waals surface area contributed by atoms with Gasteiger partial charge in [0.1, 0.15) is 17.3 Å². The Bertz CT molecular complexity index is 682. The number of aromatic nitrogens is 2. The lowest BCUT2D eigenvalue weighted by Gasteiger charge is -2.26. The van der Waals surface area contributed by atoms with Crippen LogP contribution in [-0.4, -0.2) is 21.9 Å². The Morgan fingerprint density at radius 1 is 1.36 bits per heavy atom. The fourth-order valence-electron chi connectivity index (χ4n) is 2.29. The van der Waals surface area contributed by atoms with Crippen molar-refractivity contribution >= 4 is 5.78 Å². The number of pyridine rings is 2. The Balaban J connectivity index is 1.74. The minimum atomic E-state index is -0.416. The van der Waals surface area contributed by atoms with Crippen LogP contribution in [-0.2, 0) is 6.42 Å². The van der Waals surface area contributed by atoms with Gasteiger partial charge in [-0.15, -0.1) is 0 Å². The predicted molar refractivity (Wildman–Crippen MR) is 79.5 cm³/mol. The van der Waals surface area contributed by atoms with Gasteiger partial charge in [-0.05, 0) is 38.3 Å². The maximum Gasteiger partial charge on any atom is 0.187 e. The highest BCUT2D eigenvalue weighted by molar-refractivity contribution is 5.95. The largest absolute Gasteiger partial charge is 0.490 e. The van der Waals surface area contributed by atoms with Gasteiger partial charge in [-0.25, -0.2) is 9.37 Å². The van der Waals surface area contributed by atoms with E-state index >= 15 is 0 Å². The number of ketones is 1. The Kier molecular flexibility index (Phi) is 4.13. The monoisotopic (exact) mass is 300 g/mol. The first kappa shape index (κ1) is 14.6. The smallest absolute Gasteiger partial charge is 0.187 e. The van der Waals surface area contributed by atoms with Crippen LogP contribution >= 0.6 is 0 Å². The van der Waals surface area contributed by atoms with Crippen molar-refractivity contribution in [2.45, 2.75) is 38.7 Å². The van der Waals surface area contributed by atoms with E-state index in [0.29, 0.717) is 17.1 Å². The molecule has 1 aliphatic rings. The van der Waals surface area contributed by atoms with Gasteiger partial charge in [-0.1, -0.05) is 0 Å². The third-order valence-corrected chi connectivity index (χ3v) is 3.70. The molecule has 0 bridgehead atoms. The summed E-state index contributed by atoms with van der Waals surface area (Å²) in [5, 5.41) is 0. The van der Waals surface area contributed by atoms with Crippen LogP contribution in [0.4, 0.5) is 4.39 Å². The van der Waals surface area contributed by atoms with Crippen molar-refractivity contribution in [3.8, 4) is 5.75 Å². The maximum absolute atomic E-state index is 12.8. The second-order valence-electron chi connectivity index (χ2n) is 5.57. The SMILES string of the molecule is Cc1cc(OC2CCC2)cc(C(=O)Cc2ccc(F)cn2)n1. The summed E-state index contributed by atoms with van der Waals surface area (Å²) in [7, 11) is 0. The first-order valence-corrected chi connectivity index (χ1v) is 7.39. The molecule has 0 atom stereocenters. The molecule has 2 aromatic heterocycles. The lowest BCUT2D eigenvalue weighted by Crippen LogP contribution is -2.24. The van der Waals surface area contributed by atoms with Crippen LogP contribution in [0.25, 0.3) is 0 Å². The summed E-state index contributed by atoms with van der Waals surface area (Å²) in [4.78, 5) is 20.5. The number of carbonyl (C=O) groups excluding carboxylic acids is 1. The number of nitrogens with zero attached hydrogens (tertiary/aromatic N) is 2. The molecule has 0 N–H and O–H groups in total. The number of carbonyl (C=O) groups is 1. The van der Waals surface area contributed by atoms with Crippen molar-refractivity contribution < 1.29 is 13.9 Å². The van der Waals surface area contributed by atoms with Gasteiger partial charge in [-0.3, -0.25) is 9.78 Å². The second-order valence-corrected chi connectivity index (χ2v) is 5.57. The molecule has 3 rings (SSSR count). The van der Waals surface area contributed by atoms with E-state index in [-0.39, 0.29) is 18.3 Å². The molecule has 2 aromatic rings. The van der Waals surface area contributed by atoms with Crippen LogP contribution in [0.2, 0.25) is 0 Å². The molecule has 1 fully saturated rings. The summed E-state index contributed by atoms with van der Waals surface area (Å²) in [5.74, 6) is 0.120. The Labute approximate surface area is 128 Å². The highest BCUT2D eigenvalue weighted by Gasteiger charge is 2.20. The van der Waals surface area contributed by atoms with E-state index in [0.717, 1.165) is 24.7 Å². The standard InChI is InChI=1S/C17H17FN2O2/c1-11-7-15(22-14-3-2-4-14)9-16(20-11)17(21)8-13-6-5-12(18)10-19-13/h5-7,9-10,14H,2-4,8H2,1H3. The van der Waals surface area contributed by atoms with Gasteiger partial charge in [0.2, 0.25) is 0 Å². The Morgan fingerprint density at radius 3 is 2.82 bits per heavy atom. The molecule has 1 saturated carbocycles. The van der Waals surface area contributed by atoms with Gasteiger partial charge >= 0.3 is 0 Å². The first-order chi connectivity index (χ1) is 10.6. The van der Waals surface area contributed by atoms with Gasteiger partial charge in [-0.2, -0.15) is 0 Å². The second kappa shape index (κ2) is 6.22. The van der Waals surface area contributed by atoms with Gasteiger partial charge in [0.25, 0.3) is 0 Å². The van der Waals surface area contributed by atoms with Gasteiger partial charge in [0.15, 0.2) is 5.78 Å². The highest BCUT2D eigenvalue weighted by Crippen LogP contribution is 2.26. The zero-order valence-electron chi connectivity index (χ0n) is 12.4. The minimum Gasteiger partial charge on any atom is -0.490 e. The summed E-state index contributed by atoms with van der Waals surface area (Å²) in [6.07, 6.45) is 4.77. The normalized spacial score (nSPS) is 14.5. The molecule has 0 aliphatic heterocycles. The summed E-state index contributed by atoms with van der Waals surface area (Å²) < 4.78 is 18.7. The molecule has 4 nitrogen and oxygen atoms in total. The third kappa shape index (κ3) is 3.47. The van der Waals surface area contributed by atoms with E-state index in [1.807, 2.05) is 13.0 Å². The quantitative estimate of drug-likeness (QED) is 0.795. The molecule has 0 unspecified atom stereocenters. The fraction of sp³-hybridized carbons (Fsp3) is 0.353. The van der Waals surface area contributed by atoms with Crippen molar-refractivity contribution in [1.29, 1.82) is 0 Å². The van der Waals surface area contributed by atoms with Crippen LogP contribution in [0, 0.1) is 12.7 Å². The lowest BCUT2D eigenvalue weighted by atomic mass is 9.96. The number of Topliss-reactive ketones (excluding diaryl/α,β-unsaturated/α-hetero) is 1. The average molecular weight is 300 g/mol. The van der Waals surface area contributed by atoms with Crippen molar-refractivity contribution in [3.05, 3.63) is 53.4 Å². The van der Waals surface area contributed by atoms with Crippen LogP contribution in [0.5, 0.6) is 5.75 Å². The van der Waals surface area contributed by atoms with Gasteiger partial charge < -0.3 is 4.74 Å². The van der Waals surface area contributed by atoms with E-state index in [1.165, 1.54) is 18.6 Å². The molecular formula is C17H17FN2O2. The maximum atomic E-state index is 12.8. The van der Waals surface area contributed by atoms with Crippen LogP contribution in [0.15, 0.2) is 30.5 Å². The third-order valence-electron chi connectivity index (χ3n) is 3.70. The molecule has 0 saturated heterocycles. The van der Waals surface area contributed by atoms with Crippen LogP contribution < -0.4 is 4.74 Å². The zero-order valence-corrected chi connectivity index (χ0v) is 12.4. The number of hydrogen-bond donors (Lipinski definition) is 0. The molecule has 0 aromatic carbocycles. The first-order valence-electron chi connectivity index (χ1n) is 7.39. The molecule has 2 heterocycles. The summed E-state index contributed by atoms with van der Waals surface area (Å²) in [5.41, 5.74) is 1.63.